The summed E-state index contributed by atoms with van der Waals surface area (Å²) < 4.78 is 1.37. The maximum Gasteiger partial charge on any atom is 0.261 e. The number of aromatic nitrogens is 1. The smallest absolute Gasteiger partial charge is 0.261 e. The highest BCUT2D eigenvalue weighted by Crippen LogP contribution is 2.36. The molecule has 2 N–H and O–H groups in total. The van der Waals surface area contributed by atoms with Gasteiger partial charge >= 0.3 is 0 Å². The van der Waals surface area contributed by atoms with Crippen LogP contribution in [-0.2, 0) is 6.54 Å². The zero-order valence-electron chi connectivity index (χ0n) is 16.0. The van der Waals surface area contributed by atoms with Gasteiger partial charge in [-0.15, -0.1) is 0 Å². The van der Waals surface area contributed by atoms with Gasteiger partial charge in [0.1, 0.15) is 0 Å². The Morgan fingerprint density at radius 2 is 2.03 bits per heavy atom. The van der Waals surface area contributed by atoms with E-state index in [-0.39, 0.29) is 24.0 Å². The van der Waals surface area contributed by atoms with Crippen molar-refractivity contribution in [3.8, 4) is 5.88 Å². The summed E-state index contributed by atoms with van der Waals surface area (Å²) in [5, 5.41) is 21.8. The monoisotopic (exact) mass is 390 g/mol. The number of fused-ring (bicyclic) bond motifs is 1. The molecule has 0 saturated heterocycles. The third-order valence-electron chi connectivity index (χ3n) is 6.19. The Kier molecular flexibility index (Phi) is 4.28. The van der Waals surface area contributed by atoms with Crippen LogP contribution in [-0.4, -0.2) is 28.3 Å². The predicted octanol–water partition coefficient (Wildman–Crippen LogP) is 3.64. The Morgan fingerprint density at radius 1 is 1.21 bits per heavy atom. The van der Waals surface area contributed by atoms with Crippen LogP contribution in [0.1, 0.15) is 32.1 Å². The number of azide groups is 1. The third-order valence-corrected chi connectivity index (χ3v) is 6.19. The minimum atomic E-state index is -0.235. The fourth-order valence-corrected chi connectivity index (χ4v) is 4.82. The van der Waals surface area contributed by atoms with Crippen LogP contribution in [0.2, 0.25) is 0 Å². The summed E-state index contributed by atoms with van der Waals surface area (Å²) in [5.41, 5.74) is 9.18. The first kappa shape index (κ1) is 17.8. The maximum atomic E-state index is 13.1. The second-order valence-corrected chi connectivity index (χ2v) is 7.86. The molecular weight excluding hydrogens is 368 g/mol. The summed E-state index contributed by atoms with van der Waals surface area (Å²) in [6.45, 7) is 0.570. The number of benzene rings is 2. The lowest BCUT2D eigenvalue weighted by Crippen LogP contribution is -2.35. The summed E-state index contributed by atoms with van der Waals surface area (Å²) in [5.74, 6) is -0.0474. The molecule has 2 heterocycles. The highest BCUT2D eigenvalue weighted by molar-refractivity contribution is 6.15. The lowest BCUT2D eigenvalue weighted by Gasteiger charge is -2.29. The van der Waals surface area contributed by atoms with Gasteiger partial charge in [0.2, 0.25) is 5.88 Å². The normalized spacial score (nSPS) is 20.4. The van der Waals surface area contributed by atoms with E-state index in [2.05, 4.69) is 15.3 Å². The molecule has 1 aliphatic heterocycles. The van der Waals surface area contributed by atoms with Crippen molar-refractivity contribution in [1.82, 2.24) is 4.57 Å². The fraction of sp³-hybridized carbons (Fsp3) is 0.429. The second-order valence-electron chi connectivity index (χ2n) is 7.86. The van der Waals surface area contributed by atoms with E-state index in [4.69, 9.17) is 10.5 Å². The van der Waals surface area contributed by atoms with Gasteiger partial charge in [-0.25, -0.2) is 0 Å². The molecule has 8 heteroatoms. The molecule has 2 aliphatic rings. The lowest BCUT2D eigenvalue weighted by molar-refractivity contribution is 0.402. The van der Waals surface area contributed by atoms with E-state index in [0.29, 0.717) is 29.8 Å². The molecule has 2 unspecified atom stereocenters. The Bertz CT molecular complexity index is 1270. The van der Waals surface area contributed by atoms with E-state index in [1.54, 1.807) is 0 Å². The second kappa shape index (κ2) is 6.97. The highest BCUT2D eigenvalue weighted by Gasteiger charge is 2.28. The topological polar surface area (TPSA) is 115 Å². The molecule has 0 bridgehead atoms. The van der Waals surface area contributed by atoms with Crippen molar-refractivity contribution in [3.63, 3.8) is 0 Å². The average Bonchev–Trinajstić information content (AvgIpc) is 2.90. The number of hydrogen-bond donors (Lipinski definition) is 2. The first-order chi connectivity index (χ1) is 14.2. The molecular formula is C21H22N6O2. The molecule has 1 aromatic heterocycles. The van der Waals surface area contributed by atoms with Crippen LogP contribution < -0.4 is 16.2 Å². The molecule has 0 radical (unpaired) electrons. The third kappa shape index (κ3) is 2.79. The van der Waals surface area contributed by atoms with Crippen LogP contribution >= 0.6 is 0 Å². The quantitative estimate of drug-likeness (QED) is 0.307. The summed E-state index contributed by atoms with van der Waals surface area (Å²) >= 11 is 0. The van der Waals surface area contributed by atoms with E-state index in [9.17, 15) is 9.90 Å². The number of rotatable bonds is 4. The van der Waals surface area contributed by atoms with Gasteiger partial charge in [0, 0.05) is 51.3 Å². The van der Waals surface area contributed by atoms with Gasteiger partial charge in [-0.1, -0.05) is 18.0 Å². The van der Waals surface area contributed by atoms with Crippen molar-refractivity contribution < 1.29 is 5.11 Å². The van der Waals surface area contributed by atoms with Crippen molar-refractivity contribution >= 4 is 27.2 Å². The summed E-state index contributed by atoms with van der Waals surface area (Å²) in [6.07, 6.45) is 5.02. The van der Waals surface area contributed by atoms with Gasteiger partial charge in [-0.3, -0.25) is 14.4 Å². The molecule has 0 amide bonds. The van der Waals surface area contributed by atoms with Crippen LogP contribution in [0.25, 0.3) is 32.0 Å². The number of aromatic hydroxyl groups is 1. The van der Waals surface area contributed by atoms with Crippen molar-refractivity contribution in [3.05, 3.63) is 50.4 Å². The molecule has 8 nitrogen and oxygen atoms in total. The van der Waals surface area contributed by atoms with E-state index in [1.165, 1.54) is 17.4 Å². The standard InChI is InChI=1S/C21H22N6O2/c22-26-23-10-3-11-27-20(28)12-6-8-16-19-17(9-7-13(18(12)19)21(27)29)25-15-5-2-1-4-14(15)24-16/h6-9,14-15,24,29H,1-5,10-11H2. The highest BCUT2D eigenvalue weighted by atomic mass is 16.3. The molecule has 1 aliphatic carbocycles. The Morgan fingerprint density at radius 3 is 2.90 bits per heavy atom. The largest absolute Gasteiger partial charge is 0.494 e. The molecule has 2 aromatic carbocycles. The number of hydrogen-bond acceptors (Lipinski definition) is 5. The Balaban J connectivity index is 1.74. The Labute approximate surface area is 166 Å². The summed E-state index contributed by atoms with van der Waals surface area (Å²) in [7, 11) is 0. The fourth-order valence-electron chi connectivity index (χ4n) is 4.82. The van der Waals surface area contributed by atoms with Crippen molar-refractivity contribution in [2.75, 3.05) is 11.9 Å². The van der Waals surface area contributed by atoms with Crippen molar-refractivity contribution in [2.45, 2.75) is 50.7 Å². The molecule has 1 saturated carbocycles. The predicted molar refractivity (Wildman–Crippen MR) is 112 cm³/mol. The zero-order chi connectivity index (χ0) is 20.0. The van der Waals surface area contributed by atoms with Gasteiger partial charge in [0.15, 0.2) is 0 Å². The van der Waals surface area contributed by atoms with Gasteiger partial charge in [0.25, 0.3) is 5.56 Å². The van der Waals surface area contributed by atoms with Gasteiger partial charge < -0.3 is 10.4 Å². The average molecular weight is 390 g/mol. The van der Waals surface area contributed by atoms with E-state index >= 15 is 0 Å². The van der Waals surface area contributed by atoms with Crippen LogP contribution in [0.15, 0.2) is 39.2 Å². The molecule has 5 rings (SSSR count). The first-order valence-corrected chi connectivity index (χ1v) is 10.1. The van der Waals surface area contributed by atoms with Crippen LogP contribution in [0.4, 0.5) is 5.69 Å². The lowest BCUT2D eigenvalue weighted by atomic mass is 9.91. The molecule has 2 atom stereocenters. The SMILES string of the molecule is [N-]=[N+]=NCCCn1c(O)c2ccc3c4c(ccc(c1=O)c24)NC1CCCCC1N=3. The van der Waals surface area contributed by atoms with E-state index < -0.39 is 0 Å². The van der Waals surface area contributed by atoms with E-state index in [0.717, 1.165) is 34.7 Å². The van der Waals surface area contributed by atoms with Crippen molar-refractivity contribution in [1.29, 1.82) is 0 Å². The van der Waals surface area contributed by atoms with E-state index in [1.807, 2.05) is 24.3 Å². The van der Waals surface area contributed by atoms with Crippen LogP contribution in [0.3, 0.4) is 0 Å². The molecule has 3 aromatic rings. The molecule has 1 fully saturated rings. The Hall–Kier alpha value is -3.25. The minimum absolute atomic E-state index is 0.0474. The van der Waals surface area contributed by atoms with Gasteiger partial charge in [-0.2, -0.15) is 0 Å². The molecule has 148 valence electrons. The first-order valence-electron chi connectivity index (χ1n) is 10.1. The van der Waals surface area contributed by atoms with Gasteiger partial charge in [0.05, 0.1) is 11.4 Å². The molecule has 29 heavy (non-hydrogen) atoms. The van der Waals surface area contributed by atoms with Crippen LogP contribution in [0, 0.1) is 0 Å². The molecule has 0 spiro atoms. The van der Waals surface area contributed by atoms with Crippen LogP contribution in [0.5, 0.6) is 5.88 Å². The summed E-state index contributed by atoms with van der Waals surface area (Å²) in [6, 6.07) is 8.17. The summed E-state index contributed by atoms with van der Waals surface area (Å²) in [4.78, 5) is 20.9. The van der Waals surface area contributed by atoms with Gasteiger partial charge in [-0.05, 0) is 49.1 Å². The minimum Gasteiger partial charge on any atom is -0.494 e. The number of nitrogens with one attached hydrogen (secondary N) is 1. The maximum absolute atomic E-state index is 13.1. The zero-order valence-corrected chi connectivity index (χ0v) is 16.0. The number of anilines is 1. The number of pyridine rings is 1. The number of nitrogens with zero attached hydrogens (tertiary/aromatic N) is 5. The van der Waals surface area contributed by atoms with Crippen molar-refractivity contribution in [2.24, 2.45) is 10.1 Å².